The zero-order chi connectivity index (χ0) is 26.2. The first-order valence-electron chi connectivity index (χ1n) is 13.9. The van der Waals surface area contributed by atoms with E-state index in [2.05, 4.69) is 146 Å². The van der Waals surface area contributed by atoms with Crippen LogP contribution in [0.2, 0.25) is 0 Å². The molecule has 9 aromatic rings. The van der Waals surface area contributed by atoms with Crippen LogP contribution < -0.4 is 0 Å². The standard InChI is InChI=1S/C40H24/c1-2-8-25(9-3-1)30-14-7-15-32-33(30)22-23-36-37(32)24-29-10-4-5-13-31(29)40(36)35-21-19-28-17-16-26-11-6-12-27-18-20-34(35)39(28)38(26)27/h1-24H. The Hall–Kier alpha value is -5.20. The molecule has 0 heterocycles. The van der Waals surface area contributed by atoms with Gasteiger partial charge in [0.1, 0.15) is 0 Å². The van der Waals surface area contributed by atoms with Gasteiger partial charge in [-0.05, 0) is 93.0 Å². The number of fused-ring (bicyclic) bond motifs is 4. The maximum Gasteiger partial charge on any atom is -0.00203 e. The van der Waals surface area contributed by atoms with Crippen molar-refractivity contribution in [1.82, 2.24) is 0 Å². The summed E-state index contributed by atoms with van der Waals surface area (Å²) in [6.45, 7) is 0. The van der Waals surface area contributed by atoms with Gasteiger partial charge in [-0.3, -0.25) is 0 Å². The molecule has 0 heteroatoms. The highest BCUT2D eigenvalue weighted by Crippen LogP contribution is 2.45. The summed E-state index contributed by atoms with van der Waals surface area (Å²) in [6, 6.07) is 53.8. The number of benzene rings is 9. The minimum Gasteiger partial charge on any atom is -0.0622 e. The zero-order valence-electron chi connectivity index (χ0n) is 21.9. The van der Waals surface area contributed by atoms with E-state index in [1.54, 1.807) is 0 Å². The van der Waals surface area contributed by atoms with E-state index < -0.39 is 0 Å². The van der Waals surface area contributed by atoms with Crippen LogP contribution in [0.15, 0.2) is 146 Å². The average Bonchev–Trinajstić information content (AvgIpc) is 3.02. The van der Waals surface area contributed by atoms with Gasteiger partial charge in [-0.2, -0.15) is 0 Å². The monoisotopic (exact) mass is 504 g/mol. The second kappa shape index (κ2) is 8.15. The SMILES string of the molecule is c1ccc(-c2cccc3c2ccc2c(-c4ccc5ccc6cccc7ccc4c5c67)c4ccccc4cc23)cc1. The van der Waals surface area contributed by atoms with Crippen LogP contribution in [0.3, 0.4) is 0 Å². The van der Waals surface area contributed by atoms with E-state index in [0.29, 0.717) is 0 Å². The molecule has 0 bridgehead atoms. The molecule has 9 rings (SSSR count). The predicted molar refractivity (Wildman–Crippen MR) is 174 cm³/mol. The minimum absolute atomic E-state index is 1.25. The topological polar surface area (TPSA) is 0 Å². The molecule has 0 aliphatic rings. The fraction of sp³-hybridized carbons (Fsp3) is 0. The summed E-state index contributed by atoms with van der Waals surface area (Å²) in [5.41, 5.74) is 5.14. The van der Waals surface area contributed by atoms with E-state index in [0.717, 1.165) is 0 Å². The lowest BCUT2D eigenvalue weighted by Gasteiger charge is -2.18. The fourth-order valence-corrected chi connectivity index (χ4v) is 7.02. The fourth-order valence-electron chi connectivity index (χ4n) is 7.02. The Balaban J connectivity index is 1.45. The highest BCUT2D eigenvalue weighted by atomic mass is 14.2. The Morgan fingerprint density at radius 3 is 1.77 bits per heavy atom. The third kappa shape index (κ3) is 2.96. The third-order valence-electron chi connectivity index (χ3n) is 8.79. The molecule has 0 saturated heterocycles. The maximum absolute atomic E-state index is 2.39. The van der Waals surface area contributed by atoms with E-state index in [1.165, 1.54) is 86.9 Å². The molecule has 9 aromatic carbocycles. The Bertz CT molecular complexity index is 2400. The lowest BCUT2D eigenvalue weighted by atomic mass is 9.85. The van der Waals surface area contributed by atoms with E-state index in [1.807, 2.05) is 0 Å². The first kappa shape index (κ1) is 21.7. The molecule has 0 fully saturated rings. The van der Waals surface area contributed by atoms with Crippen molar-refractivity contribution in [3.63, 3.8) is 0 Å². The van der Waals surface area contributed by atoms with Gasteiger partial charge in [0.05, 0.1) is 0 Å². The lowest BCUT2D eigenvalue weighted by molar-refractivity contribution is 1.66. The van der Waals surface area contributed by atoms with Crippen LogP contribution in [0, 0.1) is 0 Å². The number of hydrogen-bond acceptors (Lipinski definition) is 0. The molecule has 0 unspecified atom stereocenters. The van der Waals surface area contributed by atoms with Crippen molar-refractivity contribution < 1.29 is 0 Å². The minimum atomic E-state index is 1.25. The van der Waals surface area contributed by atoms with Gasteiger partial charge in [0.2, 0.25) is 0 Å². The molecule has 0 radical (unpaired) electrons. The molecule has 0 aromatic heterocycles. The molecular formula is C40H24. The Kier molecular flexibility index (Phi) is 4.42. The van der Waals surface area contributed by atoms with Crippen LogP contribution in [0.5, 0.6) is 0 Å². The summed E-state index contributed by atoms with van der Waals surface area (Å²) in [5, 5.41) is 15.7. The van der Waals surface area contributed by atoms with Crippen LogP contribution in [-0.4, -0.2) is 0 Å². The van der Waals surface area contributed by atoms with Gasteiger partial charge in [-0.25, -0.2) is 0 Å². The van der Waals surface area contributed by atoms with Gasteiger partial charge >= 0.3 is 0 Å². The molecule has 0 atom stereocenters. The first-order valence-corrected chi connectivity index (χ1v) is 13.9. The molecule has 0 amide bonds. The van der Waals surface area contributed by atoms with Crippen LogP contribution >= 0.6 is 0 Å². The second-order valence-corrected chi connectivity index (χ2v) is 10.9. The van der Waals surface area contributed by atoms with Gasteiger partial charge < -0.3 is 0 Å². The van der Waals surface area contributed by atoms with Crippen LogP contribution in [0.4, 0.5) is 0 Å². The summed E-state index contributed by atoms with van der Waals surface area (Å²) in [7, 11) is 0. The van der Waals surface area contributed by atoms with Crippen LogP contribution in [-0.2, 0) is 0 Å². The number of hydrogen-bond donors (Lipinski definition) is 0. The van der Waals surface area contributed by atoms with Gasteiger partial charge in [0.15, 0.2) is 0 Å². The van der Waals surface area contributed by atoms with Crippen molar-refractivity contribution in [3.05, 3.63) is 146 Å². The first-order chi connectivity index (χ1) is 19.8. The second-order valence-electron chi connectivity index (χ2n) is 10.9. The van der Waals surface area contributed by atoms with Gasteiger partial charge in [-0.15, -0.1) is 0 Å². The van der Waals surface area contributed by atoms with Crippen LogP contribution in [0.1, 0.15) is 0 Å². The van der Waals surface area contributed by atoms with Crippen molar-refractivity contribution in [2.24, 2.45) is 0 Å². The normalized spacial score (nSPS) is 12.0. The predicted octanol–water partition coefficient (Wildman–Crippen LogP) is 11.4. The summed E-state index contributed by atoms with van der Waals surface area (Å²) in [6.07, 6.45) is 0. The van der Waals surface area contributed by atoms with Crippen molar-refractivity contribution in [3.8, 4) is 22.3 Å². The van der Waals surface area contributed by atoms with Gasteiger partial charge in [-0.1, -0.05) is 140 Å². The molecule has 0 aliphatic heterocycles. The van der Waals surface area contributed by atoms with Crippen LogP contribution in [0.25, 0.3) is 86.9 Å². The quantitative estimate of drug-likeness (QED) is 0.162. The van der Waals surface area contributed by atoms with Gasteiger partial charge in [0.25, 0.3) is 0 Å². The van der Waals surface area contributed by atoms with Gasteiger partial charge in [0, 0.05) is 0 Å². The Labute approximate surface area is 232 Å². The molecule has 184 valence electrons. The highest BCUT2D eigenvalue weighted by molar-refractivity contribution is 6.29. The summed E-state index contributed by atoms with van der Waals surface area (Å²) < 4.78 is 0. The third-order valence-corrected chi connectivity index (χ3v) is 8.79. The maximum atomic E-state index is 2.39. The Morgan fingerprint density at radius 2 is 0.900 bits per heavy atom. The summed E-state index contributed by atoms with van der Waals surface area (Å²) in [4.78, 5) is 0. The highest BCUT2D eigenvalue weighted by Gasteiger charge is 2.17. The average molecular weight is 505 g/mol. The smallest absolute Gasteiger partial charge is 0.00203 e. The molecule has 0 spiro atoms. The van der Waals surface area contributed by atoms with E-state index in [4.69, 9.17) is 0 Å². The molecule has 40 heavy (non-hydrogen) atoms. The van der Waals surface area contributed by atoms with Crippen molar-refractivity contribution in [2.75, 3.05) is 0 Å². The molecular weight excluding hydrogens is 480 g/mol. The molecule has 0 saturated carbocycles. The van der Waals surface area contributed by atoms with Crippen molar-refractivity contribution in [1.29, 1.82) is 0 Å². The molecule has 0 nitrogen and oxygen atoms in total. The summed E-state index contributed by atoms with van der Waals surface area (Å²) in [5.74, 6) is 0. The lowest BCUT2D eigenvalue weighted by Crippen LogP contribution is -1.91. The zero-order valence-corrected chi connectivity index (χ0v) is 21.9. The molecule has 0 aliphatic carbocycles. The number of rotatable bonds is 2. The van der Waals surface area contributed by atoms with E-state index >= 15 is 0 Å². The van der Waals surface area contributed by atoms with Crippen molar-refractivity contribution in [2.45, 2.75) is 0 Å². The van der Waals surface area contributed by atoms with Crippen molar-refractivity contribution >= 4 is 64.6 Å². The van der Waals surface area contributed by atoms with E-state index in [-0.39, 0.29) is 0 Å². The Morgan fingerprint density at radius 1 is 0.275 bits per heavy atom. The summed E-state index contributed by atoms with van der Waals surface area (Å²) >= 11 is 0. The molecule has 0 N–H and O–H groups in total. The largest absolute Gasteiger partial charge is 0.0622 e. The van der Waals surface area contributed by atoms with E-state index in [9.17, 15) is 0 Å².